The molecule has 7 nitrogen and oxygen atoms in total. The zero-order chi connectivity index (χ0) is 25.1. The van der Waals surface area contributed by atoms with E-state index < -0.39 is 17.0 Å². The largest absolute Gasteiger partial charge is 0.273 e. The SMILES string of the molecule is CC1(C)CC(=O)N(C(=O)[C@@H]2CN3C(=O)CC(C)(C)N3[C@@H]2c2ccc(Br)cc2)N1Cc1ccccc1. The predicted octanol–water partition coefficient (Wildman–Crippen LogP) is 4.30. The summed E-state index contributed by atoms with van der Waals surface area (Å²) in [6.45, 7) is 8.79. The number of carbonyl (C=O) groups is 3. The quantitative estimate of drug-likeness (QED) is 0.543. The number of fused-ring (bicyclic) bond motifs is 1. The van der Waals surface area contributed by atoms with Gasteiger partial charge in [0.1, 0.15) is 0 Å². The first-order valence-corrected chi connectivity index (χ1v) is 12.8. The van der Waals surface area contributed by atoms with Crippen molar-refractivity contribution in [2.75, 3.05) is 6.54 Å². The molecule has 0 aromatic heterocycles. The van der Waals surface area contributed by atoms with Crippen LogP contribution in [0.3, 0.4) is 0 Å². The van der Waals surface area contributed by atoms with E-state index in [1.807, 2.05) is 87.3 Å². The molecule has 0 radical (unpaired) electrons. The molecule has 0 spiro atoms. The van der Waals surface area contributed by atoms with Gasteiger partial charge in [-0.1, -0.05) is 58.4 Å². The minimum Gasteiger partial charge on any atom is -0.273 e. The lowest BCUT2D eigenvalue weighted by molar-refractivity contribution is -0.165. The van der Waals surface area contributed by atoms with Crippen molar-refractivity contribution in [2.45, 2.75) is 64.2 Å². The topological polar surface area (TPSA) is 64.2 Å². The number of imide groups is 1. The Kier molecular flexibility index (Phi) is 5.89. The van der Waals surface area contributed by atoms with Gasteiger partial charge >= 0.3 is 0 Å². The van der Waals surface area contributed by atoms with Crippen LogP contribution in [0.1, 0.15) is 57.7 Å². The summed E-state index contributed by atoms with van der Waals surface area (Å²) in [5.74, 6) is -0.988. The van der Waals surface area contributed by atoms with E-state index in [1.54, 1.807) is 5.01 Å². The molecule has 0 bridgehead atoms. The van der Waals surface area contributed by atoms with E-state index in [1.165, 1.54) is 5.01 Å². The van der Waals surface area contributed by atoms with Crippen molar-refractivity contribution in [3.05, 3.63) is 70.2 Å². The summed E-state index contributed by atoms with van der Waals surface area (Å²) in [4.78, 5) is 40.5. The van der Waals surface area contributed by atoms with Crippen LogP contribution in [0, 0.1) is 5.92 Å². The van der Waals surface area contributed by atoms with Crippen molar-refractivity contribution in [1.29, 1.82) is 0 Å². The minimum atomic E-state index is -0.559. The summed E-state index contributed by atoms with van der Waals surface area (Å²) in [5, 5.41) is 7.05. The molecular formula is C27H31BrN4O3. The molecular weight excluding hydrogens is 508 g/mol. The summed E-state index contributed by atoms with van der Waals surface area (Å²) >= 11 is 3.50. The van der Waals surface area contributed by atoms with Gasteiger partial charge in [0.2, 0.25) is 11.8 Å². The Labute approximate surface area is 214 Å². The molecule has 3 amide bonds. The summed E-state index contributed by atoms with van der Waals surface area (Å²) in [5.41, 5.74) is 1.06. The fourth-order valence-corrected chi connectivity index (χ4v) is 6.05. The third-order valence-electron chi connectivity index (χ3n) is 7.44. The van der Waals surface area contributed by atoms with Gasteiger partial charge in [0.05, 0.1) is 18.5 Å². The van der Waals surface area contributed by atoms with Crippen molar-refractivity contribution in [3.63, 3.8) is 0 Å². The summed E-state index contributed by atoms with van der Waals surface area (Å²) < 4.78 is 0.946. The molecule has 2 atom stereocenters. The van der Waals surface area contributed by atoms with Crippen molar-refractivity contribution >= 4 is 33.7 Å². The fourth-order valence-electron chi connectivity index (χ4n) is 5.79. The van der Waals surface area contributed by atoms with E-state index in [4.69, 9.17) is 0 Å². The normalized spacial score (nSPS) is 26.0. The van der Waals surface area contributed by atoms with Gasteiger partial charge in [-0.2, -0.15) is 0 Å². The van der Waals surface area contributed by atoms with Crippen LogP contribution in [0.4, 0.5) is 0 Å². The smallest absolute Gasteiger partial charge is 0.250 e. The van der Waals surface area contributed by atoms with Crippen molar-refractivity contribution in [1.82, 2.24) is 20.0 Å². The lowest BCUT2D eigenvalue weighted by atomic mass is 9.89. The zero-order valence-electron chi connectivity index (χ0n) is 20.6. The number of benzene rings is 2. The lowest BCUT2D eigenvalue weighted by Gasteiger charge is -2.39. The molecule has 2 aromatic rings. The van der Waals surface area contributed by atoms with E-state index in [-0.39, 0.29) is 36.7 Å². The van der Waals surface area contributed by atoms with E-state index in [0.29, 0.717) is 13.0 Å². The second-order valence-electron chi connectivity index (χ2n) is 11.0. The molecule has 3 aliphatic rings. The minimum absolute atomic E-state index is 0.0154. The number of hydrogen-bond donors (Lipinski definition) is 0. The predicted molar refractivity (Wildman–Crippen MR) is 135 cm³/mol. The molecule has 0 unspecified atom stereocenters. The first kappa shape index (κ1) is 24.2. The molecule has 184 valence electrons. The van der Waals surface area contributed by atoms with Gasteiger partial charge in [0, 0.05) is 34.9 Å². The highest BCUT2D eigenvalue weighted by atomic mass is 79.9. The average molecular weight is 539 g/mol. The maximum absolute atomic E-state index is 14.2. The van der Waals surface area contributed by atoms with Gasteiger partial charge in [0.25, 0.3) is 5.91 Å². The maximum atomic E-state index is 14.2. The highest BCUT2D eigenvalue weighted by molar-refractivity contribution is 9.10. The molecule has 35 heavy (non-hydrogen) atoms. The van der Waals surface area contributed by atoms with Crippen LogP contribution in [0.25, 0.3) is 0 Å². The van der Waals surface area contributed by atoms with E-state index in [9.17, 15) is 14.4 Å². The maximum Gasteiger partial charge on any atom is 0.250 e. The molecule has 0 saturated carbocycles. The molecule has 0 N–H and O–H groups in total. The molecule has 3 fully saturated rings. The Morgan fingerprint density at radius 3 is 2.20 bits per heavy atom. The highest BCUT2D eigenvalue weighted by Crippen LogP contribution is 2.48. The Morgan fingerprint density at radius 1 is 0.914 bits per heavy atom. The molecule has 5 rings (SSSR count). The van der Waals surface area contributed by atoms with Gasteiger partial charge in [-0.05, 0) is 51.0 Å². The van der Waals surface area contributed by atoms with Crippen LogP contribution in [0.5, 0.6) is 0 Å². The summed E-state index contributed by atoms with van der Waals surface area (Å²) in [7, 11) is 0. The second kappa shape index (κ2) is 8.54. The van der Waals surface area contributed by atoms with Crippen LogP contribution in [-0.4, -0.2) is 55.4 Å². The van der Waals surface area contributed by atoms with E-state index in [0.717, 1.165) is 15.6 Å². The van der Waals surface area contributed by atoms with E-state index >= 15 is 0 Å². The van der Waals surface area contributed by atoms with Crippen LogP contribution in [0.15, 0.2) is 59.1 Å². The van der Waals surface area contributed by atoms with Gasteiger partial charge < -0.3 is 0 Å². The Hall–Kier alpha value is -2.55. The van der Waals surface area contributed by atoms with Gasteiger partial charge in [-0.25, -0.2) is 15.0 Å². The Balaban J connectivity index is 1.53. The number of hydrazine groups is 2. The lowest BCUT2D eigenvalue weighted by Crippen LogP contribution is -2.52. The second-order valence-corrected chi connectivity index (χ2v) is 11.9. The first-order valence-electron chi connectivity index (χ1n) is 12.0. The van der Waals surface area contributed by atoms with Crippen LogP contribution < -0.4 is 0 Å². The van der Waals surface area contributed by atoms with Crippen LogP contribution in [-0.2, 0) is 20.9 Å². The monoisotopic (exact) mass is 538 g/mol. The van der Waals surface area contributed by atoms with E-state index in [2.05, 4.69) is 20.9 Å². The van der Waals surface area contributed by atoms with Crippen molar-refractivity contribution in [3.8, 4) is 0 Å². The molecule has 0 aliphatic carbocycles. The Bertz CT molecular complexity index is 1160. The Morgan fingerprint density at radius 2 is 1.54 bits per heavy atom. The summed E-state index contributed by atoms with van der Waals surface area (Å²) in [6.07, 6.45) is 0.663. The van der Waals surface area contributed by atoms with Crippen LogP contribution >= 0.6 is 15.9 Å². The van der Waals surface area contributed by atoms with Gasteiger partial charge in [-0.3, -0.25) is 19.4 Å². The zero-order valence-corrected chi connectivity index (χ0v) is 22.2. The molecule has 8 heteroatoms. The number of rotatable bonds is 4. The van der Waals surface area contributed by atoms with Crippen LogP contribution in [0.2, 0.25) is 0 Å². The first-order chi connectivity index (χ1) is 16.5. The standard InChI is InChI=1S/C27H31BrN4O3/c1-26(2)15-23(34)31(30(26)16-18-8-6-5-7-9-18)25(35)21-17-29-22(33)14-27(3,4)32(29)24(21)19-10-12-20(28)13-11-19/h5-13,21,24H,14-17H2,1-4H3/t21-,24-/m1/s1. The average Bonchev–Trinajstić information content (AvgIpc) is 3.37. The fraction of sp³-hybridized carbons (Fsp3) is 0.444. The van der Waals surface area contributed by atoms with Crippen molar-refractivity contribution in [2.24, 2.45) is 5.92 Å². The number of amides is 3. The third-order valence-corrected chi connectivity index (χ3v) is 7.97. The number of nitrogens with zero attached hydrogens (tertiary/aromatic N) is 4. The number of carbonyl (C=O) groups excluding carboxylic acids is 3. The summed E-state index contributed by atoms with van der Waals surface area (Å²) in [6, 6.07) is 17.4. The number of hydrogen-bond acceptors (Lipinski definition) is 5. The van der Waals surface area contributed by atoms with Gasteiger partial charge in [-0.15, -0.1) is 0 Å². The van der Waals surface area contributed by atoms with Gasteiger partial charge in [0.15, 0.2) is 0 Å². The highest BCUT2D eigenvalue weighted by Gasteiger charge is 2.59. The molecule has 3 heterocycles. The molecule has 3 saturated heterocycles. The number of halogens is 1. The molecule has 3 aliphatic heterocycles. The molecule has 2 aromatic carbocycles. The van der Waals surface area contributed by atoms with Crippen molar-refractivity contribution < 1.29 is 14.4 Å². The third kappa shape index (κ3) is 4.11.